The Bertz CT molecular complexity index is 512. The Labute approximate surface area is 116 Å². The molecule has 0 heterocycles. The number of hydrogen-bond donors (Lipinski definition) is 0. The Morgan fingerprint density at radius 2 is 1.94 bits per heavy atom. The van der Waals surface area contributed by atoms with E-state index >= 15 is 0 Å². The van der Waals surface area contributed by atoms with Crippen molar-refractivity contribution >= 4 is 11.1 Å². The van der Waals surface area contributed by atoms with Gasteiger partial charge in [0, 0.05) is 11.1 Å². The number of nitriles is 1. The molecule has 0 aliphatic heterocycles. The molecule has 16 heavy (non-hydrogen) atoms. The smallest absolute Gasteiger partial charge is 0.616 e. The molecule has 1 aliphatic carbocycles. The SMILES string of the molecule is CO/C([O-])=C1/C=C(C#N)c2ccccc21.[Na+]. The fraction of sp³-hybridized carbons (Fsp3) is 0.0833. The van der Waals surface area contributed by atoms with Crippen LogP contribution in [-0.4, -0.2) is 7.11 Å². The van der Waals surface area contributed by atoms with Crippen molar-refractivity contribution in [2.24, 2.45) is 0 Å². The number of allylic oxidation sites excluding steroid dienone is 3. The van der Waals surface area contributed by atoms with E-state index in [0.717, 1.165) is 11.1 Å². The fourth-order valence-electron chi connectivity index (χ4n) is 1.62. The van der Waals surface area contributed by atoms with E-state index in [0.29, 0.717) is 11.1 Å². The van der Waals surface area contributed by atoms with Gasteiger partial charge < -0.3 is 9.84 Å². The van der Waals surface area contributed by atoms with Crippen LogP contribution in [0.1, 0.15) is 11.1 Å². The van der Waals surface area contributed by atoms with Crippen LogP contribution in [0.3, 0.4) is 0 Å². The third kappa shape index (κ3) is 2.00. The number of hydrogen-bond acceptors (Lipinski definition) is 3. The molecule has 0 unspecified atom stereocenters. The van der Waals surface area contributed by atoms with Gasteiger partial charge in [0.25, 0.3) is 0 Å². The molecule has 0 atom stereocenters. The van der Waals surface area contributed by atoms with E-state index in [1.54, 1.807) is 6.08 Å². The van der Waals surface area contributed by atoms with Crippen molar-refractivity contribution in [3.63, 3.8) is 0 Å². The van der Waals surface area contributed by atoms with Crippen molar-refractivity contribution in [2.45, 2.75) is 0 Å². The van der Waals surface area contributed by atoms with Crippen LogP contribution >= 0.6 is 0 Å². The van der Waals surface area contributed by atoms with Gasteiger partial charge in [0.05, 0.1) is 17.6 Å². The van der Waals surface area contributed by atoms with Gasteiger partial charge in [-0.3, -0.25) is 0 Å². The van der Waals surface area contributed by atoms with Crippen molar-refractivity contribution in [1.29, 1.82) is 5.26 Å². The predicted molar refractivity (Wildman–Crippen MR) is 54.0 cm³/mol. The second-order valence-electron chi connectivity index (χ2n) is 3.12. The second-order valence-corrected chi connectivity index (χ2v) is 3.12. The zero-order valence-electron chi connectivity index (χ0n) is 9.15. The molecule has 4 heteroatoms. The molecule has 1 aromatic rings. The van der Waals surface area contributed by atoms with Crippen molar-refractivity contribution in [1.82, 2.24) is 0 Å². The first-order valence-corrected chi connectivity index (χ1v) is 4.44. The van der Waals surface area contributed by atoms with Crippen LogP contribution in [0.15, 0.2) is 36.3 Å². The molecule has 0 aromatic heterocycles. The van der Waals surface area contributed by atoms with E-state index in [4.69, 9.17) is 5.26 Å². The van der Waals surface area contributed by atoms with Gasteiger partial charge in [-0.25, -0.2) is 0 Å². The van der Waals surface area contributed by atoms with Crippen LogP contribution in [0.5, 0.6) is 0 Å². The summed E-state index contributed by atoms with van der Waals surface area (Å²) in [5.41, 5.74) is 2.51. The first-order chi connectivity index (χ1) is 7.27. The normalized spacial score (nSPS) is 15.4. The number of methoxy groups -OCH3 is 1. The molecule has 0 saturated carbocycles. The van der Waals surface area contributed by atoms with E-state index in [1.165, 1.54) is 7.11 Å². The standard InChI is InChI=1S/C12H9NO2.Na/c1-15-12(14)11-6-8(7-13)9-4-2-3-5-10(9)11;/h2-6,14H,1H3;/q;+1/p-1/b12-11-;. The van der Waals surface area contributed by atoms with Crippen molar-refractivity contribution in [3.8, 4) is 6.07 Å². The molecule has 0 spiro atoms. The zero-order valence-corrected chi connectivity index (χ0v) is 11.2. The van der Waals surface area contributed by atoms with Gasteiger partial charge >= 0.3 is 29.6 Å². The van der Waals surface area contributed by atoms with Gasteiger partial charge in [-0.15, -0.1) is 0 Å². The predicted octanol–water partition coefficient (Wildman–Crippen LogP) is -1.71. The molecular formula is C12H8NNaO2. The number of nitrogens with zero attached hydrogens (tertiary/aromatic N) is 1. The first kappa shape index (κ1) is 12.9. The minimum absolute atomic E-state index is 0. The quantitative estimate of drug-likeness (QED) is 0.419. The Morgan fingerprint density at radius 3 is 2.50 bits per heavy atom. The summed E-state index contributed by atoms with van der Waals surface area (Å²) in [6, 6.07) is 9.36. The third-order valence-electron chi connectivity index (χ3n) is 2.32. The van der Waals surface area contributed by atoms with E-state index in [1.807, 2.05) is 24.3 Å². The molecule has 0 bridgehead atoms. The number of rotatable bonds is 1. The van der Waals surface area contributed by atoms with Crippen LogP contribution in [0.25, 0.3) is 11.1 Å². The Kier molecular flexibility index (Phi) is 4.19. The van der Waals surface area contributed by atoms with E-state index in [-0.39, 0.29) is 29.6 Å². The fourth-order valence-corrected chi connectivity index (χ4v) is 1.62. The van der Waals surface area contributed by atoms with Crippen LogP contribution in [-0.2, 0) is 4.74 Å². The summed E-state index contributed by atoms with van der Waals surface area (Å²) in [4.78, 5) is 0. The number of benzene rings is 1. The van der Waals surface area contributed by atoms with Crippen molar-refractivity contribution < 1.29 is 39.4 Å². The Balaban J connectivity index is 0.00000128. The van der Waals surface area contributed by atoms with E-state index < -0.39 is 5.95 Å². The zero-order chi connectivity index (χ0) is 10.8. The molecule has 0 amide bonds. The van der Waals surface area contributed by atoms with Crippen LogP contribution < -0.4 is 34.7 Å². The summed E-state index contributed by atoms with van der Waals surface area (Å²) >= 11 is 0. The summed E-state index contributed by atoms with van der Waals surface area (Å²) in [5.74, 6) is -0.410. The Morgan fingerprint density at radius 1 is 1.31 bits per heavy atom. The van der Waals surface area contributed by atoms with Gasteiger partial charge in [-0.05, 0) is 18.7 Å². The molecule has 0 N–H and O–H groups in total. The molecule has 0 fully saturated rings. The third-order valence-corrected chi connectivity index (χ3v) is 2.32. The minimum atomic E-state index is -0.410. The molecule has 0 radical (unpaired) electrons. The average molecular weight is 221 g/mol. The van der Waals surface area contributed by atoms with Gasteiger partial charge in [0.2, 0.25) is 0 Å². The Hall–Kier alpha value is -1.21. The second kappa shape index (κ2) is 5.22. The topological polar surface area (TPSA) is 56.1 Å². The molecule has 0 saturated heterocycles. The summed E-state index contributed by atoms with van der Waals surface area (Å²) in [6.45, 7) is 0. The summed E-state index contributed by atoms with van der Waals surface area (Å²) in [5, 5.41) is 20.3. The molecular weight excluding hydrogens is 213 g/mol. The van der Waals surface area contributed by atoms with Gasteiger partial charge in [0.15, 0.2) is 0 Å². The van der Waals surface area contributed by atoms with Crippen LogP contribution in [0, 0.1) is 11.3 Å². The van der Waals surface area contributed by atoms with Crippen molar-refractivity contribution in [2.75, 3.05) is 7.11 Å². The van der Waals surface area contributed by atoms with Crippen molar-refractivity contribution in [3.05, 3.63) is 47.4 Å². The monoisotopic (exact) mass is 221 g/mol. The number of ether oxygens (including phenoxy) is 1. The largest absolute Gasteiger partial charge is 1.00 e. The number of fused-ring (bicyclic) bond motifs is 1. The maximum Gasteiger partial charge on any atom is 1.00 e. The molecule has 1 aromatic carbocycles. The van der Waals surface area contributed by atoms with Gasteiger partial charge in [0.1, 0.15) is 0 Å². The van der Waals surface area contributed by atoms with E-state index in [9.17, 15) is 5.11 Å². The average Bonchev–Trinajstić information content (AvgIpc) is 2.67. The molecule has 1 aliphatic rings. The molecule has 74 valence electrons. The maximum absolute atomic E-state index is 11.4. The maximum atomic E-state index is 11.4. The van der Waals surface area contributed by atoms with Crippen LogP contribution in [0.4, 0.5) is 0 Å². The van der Waals surface area contributed by atoms with Crippen LogP contribution in [0.2, 0.25) is 0 Å². The summed E-state index contributed by atoms with van der Waals surface area (Å²) in [6.07, 6.45) is 1.57. The molecule has 3 nitrogen and oxygen atoms in total. The first-order valence-electron chi connectivity index (χ1n) is 4.44. The summed E-state index contributed by atoms with van der Waals surface area (Å²) < 4.78 is 4.65. The van der Waals surface area contributed by atoms with Gasteiger partial charge in [-0.2, -0.15) is 5.26 Å². The molecule has 2 rings (SSSR count). The van der Waals surface area contributed by atoms with Gasteiger partial charge in [-0.1, -0.05) is 24.3 Å². The van der Waals surface area contributed by atoms with E-state index in [2.05, 4.69) is 10.8 Å². The minimum Gasteiger partial charge on any atom is -0.616 e. The summed E-state index contributed by atoms with van der Waals surface area (Å²) in [7, 11) is 1.33.